The summed E-state index contributed by atoms with van der Waals surface area (Å²) in [6.07, 6.45) is 2.17. The molecule has 0 saturated heterocycles. The van der Waals surface area contributed by atoms with Crippen molar-refractivity contribution in [1.82, 2.24) is 15.3 Å². The zero-order chi connectivity index (χ0) is 17.5. The lowest BCUT2D eigenvalue weighted by atomic mass is 10.2. The minimum atomic E-state index is -0.396. The molecule has 2 rings (SSSR count). The Morgan fingerprint density at radius 1 is 1.21 bits per heavy atom. The Kier molecular flexibility index (Phi) is 5.83. The number of aromatic nitrogens is 2. The summed E-state index contributed by atoms with van der Waals surface area (Å²) >= 11 is 0. The number of nitrogens with zero attached hydrogens (tertiary/aromatic N) is 2. The average molecular weight is 328 g/mol. The first-order valence-corrected chi connectivity index (χ1v) is 7.61. The number of ether oxygens (including phenoxy) is 1. The Morgan fingerprint density at radius 3 is 2.54 bits per heavy atom. The highest BCUT2D eigenvalue weighted by Crippen LogP contribution is 2.16. The summed E-state index contributed by atoms with van der Waals surface area (Å²) in [4.78, 5) is 31.6. The molecule has 2 aromatic rings. The number of carbonyl (C=O) groups is 2. The molecule has 24 heavy (non-hydrogen) atoms. The van der Waals surface area contributed by atoms with Crippen molar-refractivity contribution in [3.8, 4) is 0 Å². The number of carbonyl (C=O) groups excluding carboxylic acids is 2. The molecule has 2 N–H and O–H groups in total. The number of hydrogen-bond acceptors (Lipinski definition) is 6. The molecule has 0 radical (unpaired) electrons. The number of rotatable bonds is 6. The van der Waals surface area contributed by atoms with E-state index in [4.69, 9.17) is 0 Å². The van der Waals surface area contributed by atoms with Crippen molar-refractivity contribution >= 4 is 23.4 Å². The number of esters is 1. The van der Waals surface area contributed by atoms with Crippen molar-refractivity contribution in [3.05, 3.63) is 47.9 Å². The van der Waals surface area contributed by atoms with Gasteiger partial charge in [-0.3, -0.25) is 4.79 Å². The van der Waals surface area contributed by atoms with Gasteiger partial charge in [0.2, 0.25) is 0 Å². The second-order valence-electron chi connectivity index (χ2n) is 5.27. The van der Waals surface area contributed by atoms with Crippen LogP contribution in [-0.2, 0) is 4.74 Å². The van der Waals surface area contributed by atoms with Gasteiger partial charge in [0.1, 0.15) is 17.8 Å². The zero-order valence-electron chi connectivity index (χ0n) is 13.9. The van der Waals surface area contributed by atoms with Gasteiger partial charge < -0.3 is 15.4 Å². The fourth-order valence-electron chi connectivity index (χ4n) is 1.91. The molecule has 7 heteroatoms. The molecule has 7 nitrogen and oxygen atoms in total. The summed E-state index contributed by atoms with van der Waals surface area (Å²) in [5.41, 5.74) is 1.48. The summed E-state index contributed by atoms with van der Waals surface area (Å²) < 4.78 is 4.65. The monoisotopic (exact) mass is 328 g/mol. The molecule has 1 heterocycles. The average Bonchev–Trinajstić information content (AvgIpc) is 2.61. The van der Waals surface area contributed by atoms with Crippen molar-refractivity contribution in [2.24, 2.45) is 0 Å². The largest absolute Gasteiger partial charge is 0.465 e. The normalized spacial score (nSPS) is 11.5. The predicted molar refractivity (Wildman–Crippen MR) is 90.3 cm³/mol. The molecule has 1 atom stereocenters. The van der Waals surface area contributed by atoms with Gasteiger partial charge in [-0.05, 0) is 37.6 Å². The van der Waals surface area contributed by atoms with Crippen LogP contribution in [0.5, 0.6) is 0 Å². The number of amides is 1. The molecule has 0 fully saturated rings. The fraction of sp³-hybridized carbons (Fsp3) is 0.294. The van der Waals surface area contributed by atoms with Gasteiger partial charge in [0.15, 0.2) is 0 Å². The summed E-state index contributed by atoms with van der Waals surface area (Å²) in [6.45, 7) is 3.93. The van der Waals surface area contributed by atoms with Gasteiger partial charge >= 0.3 is 5.97 Å². The summed E-state index contributed by atoms with van der Waals surface area (Å²) in [6, 6.07) is 8.40. The molecule has 0 saturated carbocycles. The van der Waals surface area contributed by atoms with E-state index >= 15 is 0 Å². The van der Waals surface area contributed by atoms with Gasteiger partial charge in [0, 0.05) is 17.8 Å². The Labute approximate surface area is 140 Å². The van der Waals surface area contributed by atoms with Crippen LogP contribution >= 0.6 is 0 Å². The molecule has 0 bridgehead atoms. The van der Waals surface area contributed by atoms with E-state index in [-0.39, 0.29) is 11.9 Å². The number of benzene rings is 1. The van der Waals surface area contributed by atoms with E-state index in [1.54, 1.807) is 30.3 Å². The van der Waals surface area contributed by atoms with Gasteiger partial charge in [-0.1, -0.05) is 6.92 Å². The third-order valence-corrected chi connectivity index (χ3v) is 3.47. The van der Waals surface area contributed by atoms with E-state index < -0.39 is 5.97 Å². The Hall–Kier alpha value is -2.96. The van der Waals surface area contributed by atoms with Crippen molar-refractivity contribution in [2.75, 3.05) is 12.4 Å². The van der Waals surface area contributed by atoms with Crippen LogP contribution < -0.4 is 10.6 Å². The Balaban J connectivity index is 2.09. The quantitative estimate of drug-likeness (QED) is 0.792. The molecule has 0 spiro atoms. The lowest BCUT2D eigenvalue weighted by Gasteiger charge is -2.11. The van der Waals surface area contributed by atoms with E-state index in [1.165, 1.54) is 13.4 Å². The minimum Gasteiger partial charge on any atom is -0.465 e. The highest BCUT2D eigenvalue weighted by Gasteiger charge is 2.11. The van der Waals surface area contributed by atoms with E-state index in [1.807, 2.05) is 13.8 Å². The topological polar surface area (TPSA) is 93.2 Å². The molecular weight excluding hydrogens is 308 g/mol. The van der Waals surface area contributed by atoms with Gasteiger partial charge in [-0.2, -0.15) is 0 Å². The highest BCUT2D eigenvalue weighted by atomic mass is 16.5. The molecule has 1 unspecified atom stereocenters. The van der Waals surface area contributed by atoms with Gasteiger partial charge in [0.05, 0.1) is 12.7 Å². The molecule has 0 aliphatic carbocycles. The molecule has 1 aromatic carbocycles. The summed E-state index contributed by atoms with van der Waals surface area (Å²) in [7, 11) is 1.33. The Bertz CT molecular complexity index is 716. The van der Waals surface area contributed by atoms with Crippen LogP contribution in [0.25, 0.3) is 0 Å². The smallest absolute Gasteiger partial charge is 0.337 e. The fourth-order valence-corrected chi connectivity index (χ4v) is 1.91. The van der Waals surface area contributed by atoms with Crippen molar-refractivity contribution in [3.63, 3.8) is 0 Å². The number of anilines is 2. The second-order valence-corrected chi connectivity index (χ2v) is 5.27. The lowest BCUT2D eigenvalue weighted by molar-refractivity contribution is 0.0600. The molecule has 0 aliphatic heterocycles. The zero-order valence-corrected chi connectivity index (χ0v) is 13.9. The van der Waals surface area contributed by atoms with Crippen LogP contribution in [0.2, 0.25) is 0 Å². The highest BCUT2D eigenvalue weighted by molar-refractivity contribution is 5.93. The molecular formula is C17H20N4O3. The van der Waals surface area contributed by atoms with Crippen LogP contribution in [0.1, 0.15) is 41.1 Å². The SMILES string of the molecule is CCC(C)NC(=O)c1cc(Nc2ccc(C(=O)OC)cc2)ncn1. The predicted octanol–water partition coefficient (Wildman–Crippen LogP) is 2.54. The lowest BCUT2D eigenvalue weighted by Crippen LogP contribution is -2.32. The van der Waals surface area contributed by atoms with Crippen LogP contribution in [0.15, 0.2) is 36.7 Å². The van der Waals surface area contributed by atoms with Crippen LogP contribution in [0.4, 0.5) is 11.5 Å². The summed E-state index contributed by atoms with van der Waals surface area (Å²) in [5.74, 6) is -0.145. The molecule has 0 aliphatic rings. The Morgan fingerprint density at radius 2 is 1.92 bits per heavy atom. The first-order chi connectivity index (χ1) is 11.5. The van der Waals surface area contributed by atoms with Crippen LogP contribution in [-0.4, -0.2) is 35.0 Å². The maximum Gasteiger partial charge on any atom is 0.337 e. The van der Waals surface area contributed by atoms with Crippen molar-refractivity contribution in [2.45, 2.75) is 26.3 Å². The summed E-state index contributed by atoms with van der Waals surface area (Å²) in [5, 5.41) is 5.92. The van der Waals surface area contributed by atoms with Gasteiger partial charge in [0.25, 0.3) is 5.91 Å². The minimum absolute atomic E-state index is 0.0785. The van der Waals surface area contributed by atoms with E-state index in [0.29, 0.717) is 17.1 Å². The molecule has 126 valence electrons. The van der Waals surface area contributed by atoms with E-state index in [2.05, 4.69) is 25.3 Å². The van der Waals surface area contributed by atoms with Crippen LogP contribution in [0, 0.1) is 0 Å². The molecule has 1 aromatic heterocycles. The van der Waals surface area contributed by atoms with E-state index in [9.17, 15) is 9.59 Å². The maximum atomic E-state index is 12.1. The number of methoxy groups -OCH3 is 1. The third kappa shape index (κ3) is 4.52. The standard InChI is InChI=1S/C17H20N4O3/c1-4-11(2)20-16(22)14-9-15(19-10-18-14)21-13-7-5-12(6-8-13)17(23)24-3/h5-11H,4H2,1-3H3,(H,20,22)(H,18,19,21). The molecule has 1 amide bonds. The number of hydrogen-bond donors (Lipinski definition) is 2. The van der Waals surface area contributed by atoms with Gasteiger partial charge in [-0.25, -0.2) is 14.8 Å². The first-order valence-electron chi connectivity index (χ1n) is 7.61. The number of nitrogens with one attached hydrogen (secondary N) is 2. The van der Waals surface area contributed by atoms with Crippen molar-refractivity contribution < 1.29 is 14.3 Å². The van der Waals surface area contributed by atoms with Crippen molar-refractivity contribution in [1.29, 1.82) is 0 Å². The van der Waals surface area contributed by atoms with Gasteiger partial charge in [-0.15, -0.1) is 0 Å². The third-order valence-electron chi connectivity index (χ3n) is 3.47. The first kappa shape index (κ1) is 17.4. The van der Waals surface area contributed by atoms with Crippen LogP contribution in [0.3, 0.4) is 0 Å². The van der Waals surface area contributed by atoms with E-state index in [0.717, 1.165) is 12.1 Å². The second kappa shape index (κ2) is 8.05. The maximum absolute atomic E-state index is 12.1.